The van der Waals surface area contributed by atoms with Crippen LogP contribution in [0.2, 0.25) is 0 Å². The molecule has 0 saturated carbocycles. The van der Waals surface area contributed by atoms with E-state index in [-0.39, 0.29) is 0 Å². The van der Waals surface area contributed by atoms with Gasteiger partial charge in [-0.05, 0) is 56.4 Å². The van der Waals surface area contributed by atoms with Gasteiger partial charge in [-0.2, -0.15) is 0 Å². The lowest BCUT2D eigenvalue weighted by Gasteiger charge is -2.18. The van der Waals surface area contributed by atoms with Crippen LogP contribution in [0.15, 0.2) is 48.5 Å². The molecule has 2 aromatic carbocycles. The molecular weight excluding hydrogens is 298 g/mol. The minimum Gasteiger partial charge on any atom is -0.491 e. The highest BCUT2D eigenvalue weighted by atomic mass is 16.5. The summed E-state index contributed by atoms with van der Waals surface area (Å²) >= 11 is 0. The summed E-state index contributed by atoms with van der Waals surface area (Å²) in [6, 6.07) is 16.8. The Bertz CT molecular complexity index is 612. The number of hydrogen-bond donors (Lipinski definition) is 2. The molecule has 0 radical (unpaired) electrons. The first kappa shape index (κ1) is 18.5. The van der Waals surface area contributed by atoms with E-state index in [0.29, 0.717) is 19.2 Å². The Morgan fingerprint density at radius 2 is 1.79 bits per heavy atom. The summed E-state index contributed by atoms with van der Waals surface area (Å²) in [5.41, 5.74) is 3.69. The van der Waals surface area contributed by atoms with E-state index < -0.39 is 6.10 Å². The molecule has 24 heavy (non-hydrogen) atoms. The lowest BCUT2D eigenvalue weighted by atomic mass is 10.1. The van der Waals surface area contributed by atoms with Crippen molar-refractivity contribution >= 4 is 0 Å². The smallest absolute Gasteiger partial charge is 0.122 e. The number of aliphatic hydroxyl groups is 1. The SMILES string of the molecule is Cc1cccc(OCC(O)CNC(C)CCc2ccccc2)c1C. The summed E-state index contributed by atoms with van der Waals surface area (Å²) in [5, 5.41) is 13.5. The fraction of sp³-hybridized carbons (Fsp3) is 0.429. The topological polar surface area (TPSA) is 41.5 Å². The minimum atomic E-state index is -0.510. The van der Waals surface area contributed by atoms with Crippen molar-refractivity contribution in [3.8, 4) is 5.75 Å². The molecule has 3 nitrogen and oxygen atoms in total. The maximum Gasteiger partial charge on any atom is 0.122 e. The summed E-state index contributed by atoms with van der Waals surface area (Å²) in [6.07, 6.45) is 1.59. The Hall–Kier alpha value is -1.84. The normalized spacial score (nSPS) is 13.5. The minimum absolute atomic E-state index is 0.308. The number of rotatable bonds is 9. The largest absolute Gasteiger partial charge is 0.491 e. The lowest BCUT2D eigenvalue weighted by Crippen LogP contribution is -2.36. The van der Waals surface area contributed by atoms with Crippen LogP contribution in [0.3, 0.4) is 0 Å². The predicted molar refractivity (Wildman–Crippen MR) is 99.6 cm³/mol. The van der Waals surface area contributed by atoms with Crippen LogP contribution in [-0.4, -0.2) is 30.4 Å². The van der Waals surface area contributed by atoms with Crippen LogP contribution < -0.4 is 10.1 Å². The van der Waals surface area contributed by atoms with Gasteiger partial charge in [-0.1, -0.05) is 42.5 Å². The molecule has 3 heteroatoms. The van der Waals surface area contributed by atoms with Crippen molar-refractivity contribution in [2.75, 3.05) is 13.2 Å². The van der Waals surface area contributed by atoms with E-state index in [1.807, 2.05) is 25.1 Å². The zero-order valence-electron chi connectivity index (χ0n) is 15.0. The van der Waals surface area contributed by atoms with Crippen molar-refractivity contribution in [2.24, 2.45) is 0 Å². The van der Waals surface area contributed by atoms with Gasteiger partial charge in [0.25, 0.3) is 0 Å². The van der Waals surface area contributed by atoms with E-state index in [1.165, 1.54) is 11.1 Å². The van der Waals surface area contributed by atoms with Gasteiger partial charge in [0, 0.05) is 12.6 Å². The molecule has 130 valence electrons. The van der Waals surface area contributed by atoms with Crippen molar-refractivity contribution in [2.45, 2.75) is 45.8 Å². The van der Waals surface area contributed by atoms with Gasteiger partial charge in [0.1, 0.15) is 18.5 Å². The number of ether oxygens (including phenoxy) is 1. The highest BCUT2D eigenvalue weighted by molar-refractivity contribution is 5.38. The summed E-state index contributed by atoms with van der Waals surface area (Å²) in [7, 11) is 0. The van der Waals surface area contributed by atoms with Gasteiger partial charge in [0.05, 0.1) is 0 Å². The first-order valence-electron chi connectivity index (χ1n) is 8.70. The van der Waals surface area contributed by atoms with Crippen molar-refractivity contribution in [1.29, 1.82) is 0 Å². The number of aliphatic hydroxyl groups excluding tert-OH is 1. The number of nitrogens with one attached hydrogen (secondary N) is 1. The second kappa shape index (κ2) is 9.45. The Labute approximate surface area is 145 Å². The van der Waals surface area contributed by atoms with Gasteiger partial charge < -0.3 is 15.2 Å². The van der Waals surface area contributed by atoms with Gasteiger partial charge in [-0.25, -0.2) is 0 Å². The molecule has 2 unspecified atom stereocenters. The zero-order valence-corrected chi connectivity index (χ0v) is 15.0. The summed E-state index contributed by atoms with van der Waals surface area (Å²) in [5.74, 6) is 0.853. The van der Waals surface area contributed by atoms with Gasteiger partial charge >= 0.3 is 0 Å². The van der Waals surface area contributed by atoms with E-state index in [9.17, 15) is 5.11 Å². The van der Waals surface area contributed by atoms with Crippen molar-refractivity contribution < 1.29 is 9.84 Å². The Morgan fingerprint density at radius 3 is 2.54 bits per heavy atom. The Balaban J connectivity index is 1.67. The molecule has 0 bridgehead atoms. The van der Waals surface area contributed by atoms with E-state index in [4.69, 9.17) is 4.74 Å². The number of aryl methyl sites for hydroxylation is 2. The molecular formula is C21H29NO2. The summed E-state index contributed by atoms with van der Waals surface area (Å²) in [4.78, 5) is 0. The maximum absolute atomic E-state index is 10.1. The third kappa shape index (κ3) is 5.99. The molecule has 0 heterocycles. The molecule has 2 N–H and O–H groups in total. The standard InChI is InChI=1S/C21H29NO2/c1-16-8-7-11-21(18(16)3)24-15-20(23)14-22-17(2)12-13-19-9-5-4-6-10-19/h4-11,17,20,22-23H,12-15H2,1-3H3. The molecule has 2 aromatic rings. The molecule has 0 fully saturated rings. The Kier molecular flexibility index (Phi) is 7.29. The molecule has 0 aliphatic carbocycles. The van der Waals surface area contributed by atoms with Crippen molar-refractivity contribution in [1.82, 2.24) is 5.32 Å². The van der Waals surface area contributed by atoms with E-state index in [2.05, 4.69) is 49.5 Å². The quantitative estimate of drug-likeness (QED) is 0.738. The third-order valence-electron chi connectivity index (χ3n) is 4.40. The zero-order chi connectivity index (χ0) is 17.4. The van der Waals surface area contributed by atoms with Gasteiger partial charge in [-0.15, -0.1) is 0 Å². The Morgan fingerprint density at radius 1 is 1.04 bits per heavy atom. The monoisotopic (exact) mass is 327 g/mol. The molecule has 0 spiro atoms. The predicted octanol–water partition coefficient (Wildman–Crippen LogP) is 3.65. The molecule has 0 aliphatic rings. The van der Waals surface area contributed by atoms with Crippen LogP contribution in [0, 0.1) is 13.8 Å². The van der Waals surface area contributed by atoms with Gasteiger partial charge in [0.2, 0.25) is 0 Å². The van der Waals surface area contributed by atoms with Gasteiger partial charge in [-0.3, -0.25) is 0 Å². The molecule has 0 amide bonds. The van der Waals surface area contributed by atoms with Gasteiger partial charge in [0.15, 0.2) is 0 Å². The molecule has 0 aliphatic heterocycles. The third-order valence-corrected chi connectivity index (χ3v) is 4.40. The highest BCUT2D eigenvalue weighted by Crippen LogP contribution is 2.20. The molecule has 0 aromatic heterocycles. The molecule has 0 saturated heterocycles. The maximum atomic E-state index is 10.1. The van der Waals surface area contributed by atoms with Crippen molar-refractivity contribution in [3.63, 3.8) is 0 Å². The van der Waals surface area contributed by atoms with Crippen LogP contribution in [0.1, 0.15) is 30.0 Å². The van der Waals surface area contributed by atoms with E-state index in [1.54, 1.807) is 0 Å². The van der Waals surface area contributed by atoms with Crippen molar-refractivity contribution in [3.05, 3.63) is 65.2 Å². The lowest BCUT2D eigenvalue weighted by molar-refractivity contribution is 0.103. The number of hydrogen-bond acceptors (Lipinski definition) is 3. The van der Waals surface area contributed by atoms with Crippen LogP contribution in [-0.2, 0) is 6.42 Å². The van der Waals surface area contributed by atoms with Crippen LogP contribution >= 0.6 is 0 Å². The second-order valence-electron chi connectivity index (χ2n) is 6.50. The van der Waals surface area contributed by atoms with Crippen LogP contribution in [0.25, 0.3) is 0 Å². The highest BCUT2D eigenvalue weighted by Gasteiger charge is 2.09. The number of benzene rings is 2. The first-order chi connectivity index (χ1) is 11.6. The fourth-order valence-corrected chi connectivity index (χ4v) is 2.59. The second-order valence-corrected chi connectivity index (χ2v) is 6.50. The molecule has 2 rings (SSSR count). The average Bonchev–Trinajstić information content (AvgIpc) is 2.60. The summed E-state index contributed by atoms with van der Waals surface area (Å²) in [6.45, 7) is 7.11. The summed E-state index contributed by atoms with van der Waals surface area (Å²) < 4.78 is 5.75. The average molecular weight is 327 g/mol. The van der Waals surface area contributed by atoms with Crippen LogP contribution in [0.4, 0.5) is 0 Å². The first-order valence-corrected chi connectivity index (χ1v) is 8.70. The van der Waals surface area contributed by atoms with E-state index in [0.717, 1.165) is 24.2 Å². The van der Waals surface area contributed by atoms with Crippen LogP contribution in [0.5, 0.6) is 5.75 Å². The van der Waals surface area contributed by atoms with E-state index >= 15 is 0 Å². The fourth-order valence-electron chi connectivity index (χ4n) is 2.59. The molecule has 2 atom stereocenters.